The molecule has 0 aliphatic heterocycles. The van der Waals surface area contributed by atoms with Gasteiger partial charge in [-0.1, -0.05) is 66.7 Å². The Kier molecular flexibility index (Phi) is 5.94. The molecule has 0 spiro atoms. The van der Waals surface area contributed by atoms with Crippen molar-refractivity contribution in [3.63, 3.8) is 0 Å². The van der Waals surface area contributed by atoms with Gasteiger partial charge in [0.1, 0.15) is 12.4 Å². The zero-order valence-corrected chi connectivity index (χ0v) is 12.7. The summed E-state index contributed by atoms with van der Waals surface area (Å²) in [5.41, 5.74) is 7.99. The Morgan fingerprint density at radius 3 is 2.48 bits per heavy atom. The van der Waals surface area contributed by atoms with Crippen LogP contribution in [0, 0.1) is 5.41 Å². The van der Waals surface area contributed by atoms with Gasteiger partial charge in [-0.25, -0.2) is 4.79 Å². The van der Waals surface area contributed by atoms with Crippen molar-refractivity contribution >= 4 is 18.0 Å². The van der Waals surface area contributed by atoms with Crippen LogP contribution in [-0.4, -0.2) is 18.5 Å². The van der Waals surface area contributed by atoms with Gasteiger partial charge in [-0.3, -0.25) is 5.41 Å². The van der Waals surface area contributed by atoms with Crippen molar-refractivity contribution in [2.75, 3.05) is 6.54 Å². The average molecular weight is 309 g/mol. The number of rotatable bonds is 6. The summed E-state index contributed by atoms with van der Waals surface area (Å²) >= 11 is 0. The highest BCUT2D eigenvalue weighted by atomic mass is 16.5. The van der Waals surface area contributed by atoms with Gasteiger partial charge in [-0.05, 0) is 11.1 Å². The third-order valence-electron chi connectivity index (χ3n) is 3.11. The van der Waals surface area contributed by atoms with E-state index in [-0.39, 0.29) is 12.4 Å². The molecule has 118 valence electrons. The van der Waals surface area contributed by atoms with Crippen LogP contribution in [0.4, 0.5) is 4.79 Å². The number of nitrogen functional groups attached to an aromatic ring is 1. The monoisotopic (exact) mass is 309 g/mol. The Balaban J connectivity index is 1.71. The van der Waals surface area contributed by atoms with Crippen LogP contribution in [0.2, 0.25) is 0 Å². The summed E-state index contributed by atoms with van der Waals surface area (Å²) in [5, 5.41) is 9.97. The number of nitrogens with two attached hydrogens (primary N) is 1. The van der Waals surface area contributed by atoms with E-state index in [0.717, 1.165) is 11.1 Å². The fourth-order valence-electron chi connectivity index (χ4n) is 1.89. The number of carbonyl (C=O) groups is 1. The first-order chi connectivity index (χ1) is 11.1. The Hall–Kier alpha value is -3.08. The molecule has 0 unspecified atom stereocenters. The number of hydrogen-bond donors (Lipinski definition) is 3. The summed E-state index contributed by atoms with van der Waals surface area (Å²) in [6, 6.07) is 16.8. The largest absolute Gasteiger partial charge is 0.445 e. The molecule has 5 heteroatoms. The number of hydrogen-bond acceptors (Lipinski definition) is 3. The van der Waals surface area contributed by atoms with E-state index < -0.39 is 6.09 Å². The van der Waals surface area contributed by atoms with E-state index in [1.165, 1.54) is 0 Å². The molecular weight excluding hydrogens is 290 g/mol. The number of carbonyl (C=O) groups excluding carboxylic acids is 1. The van der Waals surface area contributed by atoms with Crippen LogP contribution in [0.3, 0.4) is 0 Å². The Bertz CT molecular complexity index is 679. The number of nitrogens with one attached hydrogen (secondary N) is 2. The van der Waals surface area contributed by atoms with Gasteiger partial charge in [0.05, 0.1) is 0 Å². The van der Waals surface area contributed by atoms with Crippen molar-refractivity contribution < 1.29 is 9.53 Å². The van der Waals surface area contributed by atoms with Crippen molar-refractivity contribution in [3.8, 4) is 0 Å². The molecule has 4 N–H and O–H groups in total. The molecule has 23 heavy (non-hydrogen) atoms. The van der Waals surface area contributed by atoms with Gasteiger partial charge in [0.15, 0.2) is 0 Å². The maximum atomic E-state index is 11.5. The zero-order chi connectivity index (χ0) is 16.5. The second-order valence-corrected chi connectivity index (χ2v) is 4.88. The van der Waals surface area contributed by atoms with Crippen molar-refractivity contribution in [2.24, 2.45) is 5.73 Å². The molecule has 0 saturated heterocycles. The van der Waals surface area contributed by atoms with Gasteiger partial charge in [-0.2, -0.15) is 0 Å². The number of ether oxygens (including phenoxy) is 1. The highest BCUT2D eigenvalue weighted by Gasteiger charge is 2.00. The maximum absolute atomic E-state index is 11.5. The minimum Gasteiger partial charge on any atom is -0.445 e. The van der Waals surface area contributed by atoms with Gasteiger partial charge in [0, 0.05) is 12.1 Å². The van der Waals surface area contributed by atoms with E-state index in [2.05, 4.69) is 5.32 Å². The number of amides is 1. The van der Waals surface area contributed by atoms with Crippen LogP contribution in [0.15, 0.2) is 60.7 Å². The molecular formula is C18H19N3O2. The second kappa shape index (κ2) is 8.38. The molecule has 2 aromatic carbocycles. The first kappa shape index (κ1) is 16.3. The molecule has 0 aromatic heterocycles. The topological polar surface area (TPSA) is 88.2 Å². The predicted molar refractivity (Wildman–Crippen MR) is 91.1 cm³/mol. The van der Waals surface area contributed by atoms with Gasteiger partial charge in [0.25, 0.3) is 0 Å². The lowest BCUT2D eigenvalue weighted by atomic mass is 10.1. The summed E-state index contributed by atoms with van der Waals surface area (Å²) < 4.78 is 5.10. The molecule has 5 nitrogen and oxygen atoms in total. The van der Waals surface area contributed by atoms with E-state index in [9.17, 15) is 4.79 Å². The molecule has 0 bridgehead atoms. The third-order valence-corrected chi connectivity index (χ3v) is 3.11. The minimum absolute atomic E-state index is 0.0448. The van der Waals surface area contributed by atoms with Gasteiger partial charge >= 0.3 is 6.09 Å². The molecule has 0 radical (unpaired) electrons. The van der Waals surface area contributed by atoms with Crippen molar-refractivity contribution in [2.45, 2.75) is 6.61 Å². The SMILES string of the molecule is N=C(N)c1ccc(C=CCNC(=O)OCc2ccccc2)cc1. The van der Waals surface area contributed by atoms with Crippen molar-refractivity contribution in [1.29, 1.82) is 5.41 Å². The summed E-state index contributed by atoms with van der Waals surface area (Å²) in [5.74, 6) is 0.0448. The smallest absolute Gasteiger partial charge is 0.407 e. The second-order valence-electron chi connectivity index (χ2n) is 4.88. The Labute approximate surface area is 135 Å². The van der Waals surface area contributed by atoms with E-state index in [1.807, 2.05) is 54.6 Å². The number of amidine groups is 1. The molecule has 0 aliphatic rings. The highest BCUT2D eigenvalue weighted by molar-refractivity contribution is 5.95. The van der Waals surface area contributed by atoms with E-state index >= 15 is 0 Å². The minimum atomic E-state index is -0.453. The summed E-state index contributed by atoms with van der Waals surface area (Å²) in [4.78, 5) is 11.5. The molecule has 1 amide bonds. The van der Waals surface area contributed by atoms with Gasteiger partial charge in [-0.15, -0.1) is 0 Å². The number of benzene rings is 2. The maximum Gasteiger partial charge on any atom is 0.407 e. The fraction of sp³-hybridized carbons (Fsp3) is 0.111. The number of alkyl carbamates (subject to hydrolysis) is 1. The van der Waals surface area contributed by atoms with Crippen LogP contribution in [-0.2, 0) is 11.3 Å². The summed E-state index contributed by atoms with van der Waals surface area (Å²) in [7, 11) is 0. The fourth-order valence-corrected chi connectivity index (χ4v) is 1.89. The lowest BCUT2D eigenvalue weighted by Gasteiger charge is -2.05. The zero-order valence-electron chi connectivity index (χ0n) is 12.7. The first-order valence-electron chi connectivity index (χ1n) is 7.21. The Morgan fingerprint density at radius 2 is 1.83 bits per heavy atom. The summed E-state index contributed by atoms with van der Waals surface area (Å²) in [6.07, 6.45) is 3.25. The highest BCUT2D eigenvalue weighted by Crippen LogP contribution is 2.05. The van der Waals surface area contributed by atoms with E-state index in [1.54, 1.807) is 12.1 Å². The molecule has 0 aliphatic carbocycles. The lowest BCUT2D eigenvalue weighted by Crippen LogP contribution is -2.24. The lowest BCUT2D eigenvalue weighted by molar-refractivity contribution is 0.141. The third kappa shape index (κ3) is 5.67. The molecule has 0 saturated carbocycles. The van der Waals surface area contributed by atoms with Crippen LogP contribution in [0.5, 0.6) is 0 Å². The van der Waals surface area contributed by atoms with Gasteiger partial charge in [0.2, 0.25) is 0 Å². The predicted octanol–water partition coefficient (Wildman–Crippen LogP) is 2.91. The van der Waals surface area contributed by atoms with Crippen LogP contribution in [0.25, 0.3) is 6.08 Å². The normalized spacial score (nSPS) is 10.4. The molecule has 0 atom stereocenters. The van der Waals surface area contributed by atoms with Crippen LogP contribution >= 0.6 is 0 Å². The standard InChI is InChI=1S/C18H19N3O2/c19-17(20)16-10-8-14(9-11-16)7-4-12-21-18(22)23-13-15-5-2-1-3-6-15/h1-11H,12-13H2,(H3,19,20)(H,21,22). The van der Waals surface area contributed by atoms with Gasteiger partial charge < -0.3 is 15.8 Å². The van der Waals surface area contributed by atoms with E-state index in [0.29, 0.717) is 12.1 Å². The molecule has 2 aromatic rings. The molecule has 0 fully saturated rings. The first-order valence-corrected chi connectivity index (χ1v) is 7.21. The van der Waals surface area contributed by atoms with Crippen molar-refractivity contribution in [3.05, 3.63) is 77.4 Å². The quantitative estimate of drug-likeness (QED) is 0.566. The Morgan fingerprint density at radius 1 is 1.13 bits per heavy atom. The molecule has 0 heterocycles. The van der Waals surface area contributed by atoms with Crippen LogP contribution < -0.4 is 11.1 Å². The summed E-state index contributed by atoms with van der Waals surface area (Å²) in [6.45, 7) is 0.630. The van der Waals surface area contributed by atoms with E-state index in [4.69, 9.17) is 15.9 Å². The van der Waals surface area contributed by atoms with Crippen molar-refractivity contribution in [1.82, 2.24) is 5.32 Å². The van der Waals surface area contributed by atoms with Crippen LogP contribution in [0.1, 0.15) is 16.7 Å². The average Bonchev–Trinajstić information content (AvgIpc) is 2.58. The molecule has 2 rings (SSSR count).